The summed E-state index contributed by atoms with van der Waals surface area (Å²) in [5, 5.41) is 2.56. The van der Waals surface area contributed by atoms with Gasteiger partial charge in [0.15, 0.2) is 0 Å². The van der Waals surface area contributed by atoms with Gasteiger partial charge in [-0.3, -0.25) is 4.98 Å². The first-order valence-corrected chi connectivity index (χ1v) is 5.04. The molecular weight excluding hydrogens is 170 g/mol. The first-order chi connectivity index (χ1) is 6.68. The van der Waals surface area contributed by atoms with Crippen molar-refractivity contribution < 1.29 is 0 Å². The summed E-state index contributed by atoms with van der Waals surface area (Å²) in [4.78, 5) is 4.28. The minimum atomic E-state index is 0.591. The monoisotopic (exact) mass is 185 g/mol. The van der Waals surface area contributed by atoms with Crippen LogP contribution in [0, 0.1) is 6.92 Å². The zero-order chi connectivity index (χ0) is 10.1. The van der Waals surface area contributed by atoms with Gasteiger partial charge in [-0.2, -0.15) is 0 Å². The maximum Gasteiger partial charge on any atom is 0.0450 e. The molecule has 1 aromatic heterocycles. The summed E-state index contributed by atoms with van der Waals surface area (Å²) in [6, 6.07) is 8.71. The van der Waals surface area contributed by atoms with Crippen LogP contribution in [0.25, 0.3) is 10.8 Å². The van der Waals surface area contributed by atoms with Crippen LogP contribution in [0.1, 0.15) is 31.0 Å². The Balaban J connectivity index is 2.67. The summed E-state index contributed by atoms with van der Waals surface area (Å²) < 4.78 is 0. The average Bonchev–Trinajstić information content (AvgIpc) is 2.17. The van der Waals surface area contributed by atoms with Crippen molar-refractivity contribution in [3.05, 3.63) is 41.7 Å². The van der Waals surface area contributed by atoms with Gasteiger partial charge in [-0.25, -0.2) is 0 Å². The molecule has 0 aliphatic carbocycles. The third-order valence-corrected chi connectivity index (χ3v) is 2.65. The van der Waals surface area contributed by atoms with Gasteiger partial charge in [0, 0.05) is 17.3 Å². The number of rotatable bonds is 1. The van der Waals surface area contributed by atoms with Gasteiger partial charge in [-0.05, 0) is 29.9 Å². The van der Waals surface area contributed by atoms with Crippen LogP contribution in [-0.2, 0) is 0 Å². The molecule has 0 unspecified atom stereocenters. The summed E-state index contributed by atoms with van der Waals surface area (Å²) >= 11 is 0. The minimum absolute atomic E-state index is 0.591. The van der Waals surface area contributed by atoms with Crippen molar-refractivity contribution in [3.8, 4) is 0 Å². The van der Waals surface area contributed by atoms with Crippen LogP contribution in [0.4, 0.5) is 0 Å². The number of benzene rings is 1. The summed E-state index contributed by atoms with van der Waals surface area (Å²) in [5.74, 6) is 0.591. The summed E-state index contributed by atoms with van der Waals surface area (Å²) in [6.45, 7) is 6.49. The maximum absolute atomic E-state index is 4.28. The predicted molar refractivity (Wildman–Crippen MR) is 60.6 cm³/mol. The van der Waals surface area contributed by atoms with Gasteiger partial charge in [-0.1, -0.05) is 32.0 Å². The Morgan fingerprint density at radius 2 is 1.93 bits per heavy atom. The Morgan fingerprint density at radius 3 is 2.64 bits per heavy atom. The highest BCUT2D eigenvalue weighted by Gasteiger charge is 2.02. The lowest BCUT2D eigenvalue weighted by atomic mass is 9.99. The average molecular weight is 185 g/mol. The van der Waals surface area contributed by atoms with Crippen LogP contribution in [-0.4, -0.2) is 4.98 Å². The smallest absolute Gasteiger partial charge is 0.0450 e. The number of hydrogen-bond acceptors (Lipinski definition) is 1. The molecular formula is C13H15N. The molecule has 0 bridgehead atoms. The highest BCUT2D eigenvalue weighted by Crippen LogP contribution is 2.22. The molecule has 0 spiro atoms. The van der Waals surface area contributed by atoms with E-state index < -0.39 is 0 Å². The van der Waals surface area contributed by atoms with Crippen molar-refractivity contribution in [3.63, 3.8) is 0 Å². The first-order valence-electron chi connectivity index (χ1n) is 5.04. The van der Waals surface area contributed by atoms with Crippen molar-refractivity contribution >= 4 is 10.8 Å². The molecule has 1 heteroatoms. The normalized spacial score (nSPS) is 11.1. The molecule has 0 amide bonds. The van der Waals surface area contributed by atoms with Gasteiger partial charge in [0.25, 0.3) is 0 Å². The number of nitrogens with zero attached hydrogens (tertiary/aromatic N) is 1. The number of hydrogen-bond donors (Lipinski definition) is 0. The lowest BCUT2D eigenvalue weighted by Gasteiger charge is -2.07. The molecule has 0 saturated heterocycles. The second kappa shape index (κ2) is 3.41. The fourth-order valence-corrected chi connectivity index (χ4v) is 1.71. The van der Waals surface area contributed by atoms with Gasteiger partial charge in [0.2, 0.25) is 0 Å². The summed E-state index contributed by atoms with van der Waals surface area (Å²) in [7, 11) is 0. The molecule has 1 heterocycles. The molecule has 0 radical (unpaired) electrons. The topological polar surface area (TPSA) is 12.9 Å². The number of fused-ring (bicyclic) bond motifs is 1. The zero-order valence-corrected chi connectivity index (χ0v) is 8.91. The molecule has 14 heavy (non-hydrogen) atoms. The summed E-state index contributed by atoms with van der Waals surface area (Å²) in [5.41, 5.74) is 2.50. The van der Waals surface area contributed by atoms with Gasteiger partial charge in [0.05, 0.1) is 0 Å². The molecule has 0 atom stereocenters. The van der Waals surface area contributed by atoms with Crippen molar-refractivity contribution in [2.45, 2.75) is 26.7 Å². The van der Waals surface area contributed by atoms with E-state index in [0.717, 1.165) is 5.69 Å². The second-order valence-electron chi connectivity index (χ2n) is 4.03. The Hall–Kier alpha value is -1.37. The van der Waals surface area contributed by atoms with Crippen LogP contribution >= 0.6 is 0 Å². The van der Waals surface area contributed by atoms with Crippen molar-refractivity contribution in [1.29, 1.82) is 0 Å². The van der Waals surface area contributed by atoms with Crippen molar-refractivity contribution in [2.24, 2.45) is 0 Å². The van der Waals surface area contributed by atoms with Gasteiger partial charge in [0.1, 0.15) is 0 Å². The maximum atomic E-state index is 4.28. The van der Waals surface area contributed by atoms with E-state index in [-0.39, 0.29) is 0 Å². The van der Waals surface area contributed by atoms with Crippen LogP contribution in [0.15, 0.2) is 30.5 Å². The Bertz CT molecular complexity index is 458. The van der Waals surface area contributed by atoms with E-state index in [9.17, 15) is 0 Å². The summed E-state index contributed by atoms with van der Waals surface area (Å²) in [6.07, 6.45) is 1.88. The van der Waals surface area contributed by atoms with Gasteiger partial charge < -0.3 is 0 Å². The lowest BCUT2D eigenvalue weighted by molar-refractivity contribution is 0.868. The second-order valence-corrected chi connectivity index (χ2v) is 4.03. The largest absolute Gasteiger partial charge is 0.261 e. The van der Waals surface area contributed by atoms with E-state index in [1.54, 1.807) is 0 Å². The van der Waals surface area contributed by atoms with Crippen molar-refractivity contribution in [1.82, 2.24) is 4.98 Å². The highest BCUT2D eigenvalue weighted by molar-refractivity contribution is 5.84. The molecule has 2 aromatic rings. The fraction of sp³-hybridized carbons (Fsp3) is 0.308. The van der Waals surface area contributed by atoms with Crippen LogP contribution in [0.5, 0.6) is 0 Å². The van der Waals surface area contributed by atoms with E-state index in [2.05, 4.69) is 50.0 Å². The number of aromatic nitrogens is 1. The van der Waals surface area contributed by atoms with E-state index in [4.69, 9.17) is 0 Å². The molecule has 0 aliphatic heterocycles. The SMILES string of the molecule is Cc1nccc2cc(C(C)C)ccc12. The molecule has 72 valence electrons. The molecule has 0 fully saturated rings. The zero-order valence-electron chi connectivity index (χ0n) is 8.91. The van der Waals surface area contributed by atoms with Gasteiger partial charge in [-0.15, -0.1) is 0 Å². The number of pyridine rings is 1. The lowest BCUT2D eigenvalue weighted by Crippen LogP contribution is -1.89. The molecule has 1 aromatic carbocycles. The Labute approximate surface area is 84.8 Å². The molecule has 0 N–H and O–H groups in total. The number of aryl methyl sites for hydroxylation is 1. The minimum Gasteiger partial charge on any atom is -0.261 e. The predicted octanol–water partition coefficient (Wildman–Crippen LogP) is 3.67. The third kappa shape index (κ3) is 1.50. The quantitative estimate of drug-likeness (QED) is 0.660. The van der Waals surface area contributed by atoms with Crippen LogP contribution in [0.3, 0.4) is 0 Å². The fourth-order valence-electron chi connectivity index (χ4n) is 1.71. The highest BCUT2D eigenvalue weighted by atomic mass is 14.7. The van der Waals surface area contributed by atoms with Crippen molar-refractivity contribution in [2.75, 3.05) is 0 Å². The first kappa shape index (κ1) is 9.20. The van der Waals surface area contributed by atoms with E-state index in [1.807, 2.05) is 6.20 Å². The standard InChI is InChI=1S/C13H15N/c1-9(2)11-4-5-13-10(3)14-7-6-12(13)8-11/h4-9H,1-3H3. The molecule has 1 nitrogen and oxygen atoms in total. The Kier molecular flexibility index (Phi) is 2.24. The van der Waals surface area contributed by atoms with Crippen LogP contribution in [0.2, 0.25) is 0 Å². The van der Waals surface area contributed by atoms with E-state index in [0.29, 0.717) is 5.92 Å². The Morgan fingerprint density at radius 1 is 1.14 bits per heavy atom. The molecule has 0 saturated carbocycles. The van der Waals surface area contributed by atoms with Gasteiger partial charge >= 0.3 is 0 Å². The van der Waals surface area contributed by atoms with E-state index in [1.165, 1.54) is 16.3 Å². The van der Waals surface area contributed by atoms with E-state index >= 15 is 0 Å². The third-order valence-electron chi connectivity index (χ3n) is 2.65. The molecule has 0 aliphatic rings. The van der Waals surface area contributed by atoms with Crippen LogP contribution < -0.4 is 0 Å². The molecule has 2 rings (SSSR count).